The molecule has 1 unspecified atom stereocenters. The molecule has 0 aliphatic rings. The molecule has 0 aromatic rings. The highest BCUT2D eigenvalue weighted by atomic mass is 32.2. The molecule has 0 bridgehead atoms. The maximum absolute atomic E-state index is 11.1. The van der Waals surface area contributed by atoms with Crippen LogP contribution < -0.4 is 0 Å². The molecule has 2 nitrogen and oxygen atoms in total. The summed E-state index contributed by atoms with van der Waals surface area (Å²) >= 11 is 0. The Bertz CT molecular complexity index is 195. The summed E-state index contributed by atoms with van der Waals surface area (Å²) in [7, 11) is -2.73. The lowest BCUT2D eigenvalue weighted by Gasteiger charge is -2.08. The predicted octanol–water partition coefficient (Wildman–Crippen LogP) is 2.25. The minimum absolute atomic E-state index is 0.284. The summed E-state index contributed by atoms with van der Waals surface area (Å²) in [4.78, 5) is 0. The average molecular weight is 192 g/mol. The summed E-state index contributed by atoms with van der Waals surface area (Å²) in [6.45, 7) is 5.96. The molecule has 0 fully saturated rings. The molecule has 0 radical (unpaired) electrons. The molecule has 1 atom stereocenters. The summed E-state index contributed by atoms with van der Waals surface area (Å²) < 4.78 is 22.2. The molecule has 0 saturated carbocycles. The zero-order chi connectivity index (χ0) is 9.61. The maximum Gasteiger partial charge on any atom is 0.150 e. The van der Waals surface area contributed by atoms with E-state index in [0.29, 0.717) is 11.7 Å². The van der Waals surface area contributed by atoms with Crippen LogP contribution in [0.25, 0.3) is 0 Å². The number of sulfone groups is 1. The van der Waals surface area contributed by atoms with Gasteiger partial charge in [-0.05, 0) is 12.3 Å². The SMILES string of the molecule is CCCC(C)CCS(=O)(=O)CC. The zero-order valence-electron chi connectivity index (χ0n) is 8.34. The molecule has 0 N–H and O–H groups in total. The van der Waals surface area contributed by atoms with Crippen molar-refractivity contribution in [2.45, 2.75) is 40.0 Å². The lowest BCUT2D eigenvalue weighted by atomic mass is 10.0. The van der Waals surface area contributed by atoms with Crippen LogP contribution >= 0.6 is 0 Å². The summed E-state index contributed by atoms with van der Waals surface area (Å²) in [5, 5.41) is 0. The van der Waals surface area contributed by atoms with Crippen molar-refractivity contribution in [2.24, 2.45) is 5.92 Å². The fourth-order valence-electron chi connectivity index (χ4n) is 1.16. The molecule has 0 aliphatic carbocycles. The average Bonchev–Trinajstić information content (AvgIpc) is 2.02. The number of hydrogen-bond acceptors (Lipinski definition) is 2. The lowest BCUT2D eigenvalue weighted by molar-refractivity contribution is 0.503. The van der Waals surface area contributed by atoms with E-state index in [1.54, 1.807) is 6.92 Å². The minimum atomic E-state index is -2.73. The van der Waals surface area contributed by atoms with Gasteiger partial charge in [0.2, 0.25) is 0 Å². The number of rotatable bonds is 6. The van der Waals surface area contributed by atoms with E-state index in [-0.39, 0.29) is 5.75 Å². The third-order valence-electron chi connectivity index (χ3n) is 2.14. The smallest absolute Gasteiger partial charge is 0.150 e. The van der Waals surface area contributed by atoms with Gasteiger partial charge in [-0.1, -0.05) is 33.6 Å². The Morgan fingerprint density at radius 2 is 1.75 bits per heavy atom. The molecule has 0 heterocycles. The van der Waals surface area contributed by atoms with Gasteiger partial charge in [0.15, 0.2) is 0 Å². The van der Waals surface area contributed by atoms with Crippen molar-refractivity contribution in [3.63, 3.8) is 0 Å². The van der Waals surface area contributed by atoms with Crippen LogP contribution in [0.4, 0.5) is 0 Å². The van der Waals surface area contributed by atoms with E-state index in [4.69, 9.17) is 0 Å². The van der Waals surface area contributed by atoms with E-state index >= 15 is 0 Å². The van der Waals surface area contributed by atoms with Crippen LogP contribution in [0, 0.1) is 5.92 Å². The Morgan fingerprint density at radius 1 is 1.17 bits per heavy atom. The first kappa shape index (κ1) is 11.9. The van der Waals surface area contributed by atoms with Crippen LogP contribution in [0.2, 0.25) is 0 Å². The van der Waals surface area contributed by atoms with Crippen LogP contribution in [0.3, 0.4) is 0 Å². The van der Waals surface area contributed by atoms with Crippen molar-refractivity contribution in [1.82, 2.24) is 0 Å². The van der Waals surface area contributed by atoms with E-state index < -0.39 is 9.84 Å². The van der Waals surface area contributed by atoms with Gasteiger partial charge in [0.05, 0.1) is 5.75 Å². The third-order valence-corrected chi connectivity index (χ3v) is 3.88. The Kier molecular flexibility index (Phi) is 5.55. The molecule has 0 aromatic heterocycles. The van der Waals surface area contributed by atoms with E-state index in [0.717, 1.165) is 19.3 Å². The van der Waals surface area contributed by atoms with Gasteiger partial charge < -0.3 is 0 Å². The quantitative estimate of drug-likeness (QED) is 0.647. The molecule has 0 spiro atoms. The largest absolute Gasteiger partial charge is 0.229 e. The molecule has 0 saturated heterocycles. The van der Waals surface area contributed by atoms with Crippen LogP contribution in [0.15, 0.2) is 0 Å². The predicted molar refractivity (Wildman–Crippen MR) is 53.0 cm³/mol. The van der Waals surface area contributed by atoms with Gasteiger partial charge in [-0.3, -0.25) is 0 Å². The van der Waals surface area contributed by atoms with E-state index in [1.165, 1.54) is 0 Å². The normalized spacial score (nSPS) is 14.6. The first-order chi connectivity index (χ1) is 5.52. The van der Waals surface area contributed by atoms with Gasteiger partial charge in [0, 0.05) is 5.75 Å². The van der Waals surface area contributed by atoms with Gasteiger partial charge in [-0.2, -0.15) is 0 Å². The highest BCUT2D eigenvalue weighted by molar-refractivity contribution is 7.91. The van der Waals surface area contributed by atoms with Crippen molar-refractivity contribution >= 4 is 9.84 Å². The van der Waals surface area contributed by atoms with Crippen LogP contribution in [-0.2, 0) is 9.84 Å². The number of hydrogen-bond donors (Lipinski definition) is 0. The molecular weight excluding hydrogens is 172 g/mol. The highest BCUT2D eigenvalue weighted by Gasteiger charge is 2.09. The summed E-state index contributed by atoms with van der Waals surface area (Å²) in [5.41, 5.74) is 0. The molecule has 3 heteroatoms. The Balaban J connectivity index is 3.68. The van der Waals surface area contributed by atoms with Crippen LogP contribution in [0.5, 0.6) is 0 Å². The fraction of sp³-hybridized carbons (Fsp3) is 1.00. The van der Waals surface area contributed by atoms with Gasteiger partial charge >= 0.3 is 0 Å². The van der Waals surface area contributed by atoms with Crippen LogP contribution in [0.1, 0.15) is 40.0 Å². The van der Waals surface area contributed by atoms with Crippen molar-refractivity contribution < 1.29 is 8.42 Å². The monoisotopic (exact) mass is 192 g/mol. The molecule has 0 amide bonds. The first-order valence-corrected chi connectivity index (χ1v) is 6.54. The second-order valence-electron chi connectivity index (χ2n) is 3.42. The van der Waals surface area contributed by atoms with Crippen molar-refractivity contribution in [1.29, 1.82) is 0 Å². The molecule has 74 valence electrons. The van der Waals surface area contributed by atoms with E-state index in [2.05, 4.69) is 13.8 Å². The third kappa shape index (κ3) is 5.58. The highest BCUT2D eigenvalue weighted by Crippen LogP contribution is 2.11. The Hall–Kier alpha value is -0.0500. The summed E-state index contributed by atoms with van der Waals surface area (Å²) in [6.07, 6.45) is 3.11. The van der Waals surface area contributed by atoms with Crippen LogP contribution in [-0.4, -0.2) is 19.9 Å². The van der Waals surface area contributed by atoms with Gasteiger partial charge in [-0.15, -0.1) is 0 Å². The molecule has 12 heavy (non-hydrogen) atoms. The van der Waals surface area contributed by atoms with Crippen molar-refractivity contribution in [3.05, 3.63) is 0 Å². The molecule has 0 aromatic carbocycles. The van der Waals surface area contributed by atoms with E-state index in [1.807, 2.05) is 0 Å². The second-order valence-corrected chi connectivity index (χ2v) is 5.89. The van der Waals surface area contributed by atoms with Gasteiger partial charge in [0.25, 0.3) is 0 Å². The second kappa shape index (κ2) is 5.57. The summed E-state index contributed by atoms with van der Waals surface area (Å²) in [5.74, 6) is 1.20. The molecule has 0 aliphatic heterocycles. The molecular formula is C9H20O2S. The lowest BCUT2D eigenvalue weighted by Crippen LogP contribution is -2.11. The Labute approximate surface area is 76.3 Å². The topological polar surface area (TPSA) is 34.1 Å². The summed E-state index contributed by atoms with van der Waals surface area (Å²) in [6, 6.07) is 0. The van der Waals surface area contributed by atoms with Gasteiger partial charge in [-0.25, -0.2) is 8.42 Å². The van der Waals surface area contributed by atoms with Crippen molar-refractivity contribution in [3.8, 4) is 0 Å². The van der Waals surface area contributed by atoms with E-state index in [9.17, 15) is 8.42 Å². The molecule has 0 rings (SSSR count). The standard InChI is InChI=1S/C9H20O2S/c1-4-6-9(3)7-8-12(10,11)5-2/h9H,4-8H2,1-3H3. The fourth-order valence-corrected chi connectivity index (χ4v) is 2.21. The van der Waals surface area contributed by atoms with Crippen molar-refractivity contribution in [2.75, 3.05) is 11.5 Å². The minimum Gasteiger partial charge on any atom is -0.229 e. The first-order valence-electron chi connectivity index (χ1n) is 4.72. The zero-order valence-corrected chi connectivity index (χ0v) is 9.15. The Morgan fingerprint density at radius 3 is 2.17 bits per heavy atom. The van der Waals surface area contributed by atoms with Gasteiger partial charge in [0.1, 0.15) is 9.84 Å². The maximum atomic E-state index is 11.1.